The zero-order valence-corrected chi connectivity index (χ0v) is 11.2. The molecule has 0 aliphatic heterocycles. The van der Waals surface area contributed by atoms with Gasteiger partial charge in [0, 0.05) is 17.1 Å². The second-order valence-corrected chi connectivity index (χ2v) is 5.36. The minimum atomic E-state index is 0.0624. The topological polar surface area (TPSA) is 18.5 Å². The maximum atomic E-state index is 5.52. The smallest absolute Gasteiger partial charge is 0.188 e. The van der Waals surface area contributed by atoms with Crippen LogP contribution >= 0.6 is 15.9 Å². The summed E-state index contributed by atoms with van der Waals surface area (Å²) in [5.74, 6) is 0.882. The highest BCUT2D eigenvalue weighted by atomic mass is 79.9. The Balaban J connectivity index is 3.04. The first kappa shape index (κ1) is 12.5. The van der Waals surface area contributed by atoms with Gasteiger partial charge in [-0.3, -0.25) is 0 Å². The lowest BCUT2D eigenvalue weighted by Gasteiger charge is -2.22. The van der Waals surface area contributed by atoms with E-state index in [1.807, 2.05) is 12.1 Å². The van der Waals surface area contributed by atoms with Gasteiger partial charge in [0.05, 0.1) is 0 Å². The number of ether oxygens (including phenoxy) is 2. The molecule has 0 heterocycles. The molecule has 0 saturated heterocycles. The second kappa shape index (κ2) is 4.99. The fourth-order valence-electron chi connectivity index (χ4n) is 1.34. The van der Waals surface area contributed by atoms with Crippen LogP contribution in [0, 0.1) is 0 Å². The summed E-state index contributed by atoms with van der Waals surface area (Å²) in [5.41, 5.74) is 1.24. The van der Waals surface area contributed by atoms with Gasteiger partial charge in [0.1, 0.15) is 5.75 Å². The molecule has 84 valence electrons. The SMILES string of the molecule is COCOc1ccc(Br)cc1C(C)(C)C. The average molecular weight is 273 g/mol. The Morgan fingerprint density at radius 1 is 1.27 bits per heavy atom. The van der Waals surface area contributed by atoms with Gasteiger partial charge >= 0.3 is 0 Å². The van der Waals surface area contributed by atoms with E-state index in [0.29, 0.717) is 0 Å². The molecule has 0 aromatic heterocycles. The Labute approximate surface area is 99.7 Å². The summed E-state index contributed by atoms with van der Waals surface area (Å²) >= 11 is 3.47. The highest BCUT2D eigenvalue weighted by Crippen LogP contribution is 2.33. The van der Waals surface area contributed by atoms with Crippen molar-refractivity contribution in [1.29, 1.82) is 0 Å². The molecule has 0 aliphatic carbocycles. The molecule has 3 heteroatoms. The number of benzene rings is 1. The molecule has 15 heavy (non-hydrogen) atoms. The molecule has 0 bridgehead atoms. The van der Waals surface area contributed by atoms with Crippen molar-refractivity contribution in [3.05, 3.63) is 28.2 Å². The summed E-state index contributed by atoms with van der Waals surface area (Å²) in [6, 6.07) is 6.02. The van der Waals surface area contributed by atoms with Gasteiger partial charge in [-0.2, -0.15) is 0 Å². The standard InChI is InChI=1S/C12H17BrO2/c1-12(2,3)10-7-9(13)5-6-11(10)15-8-14-4/h5-7H,8H2,1-4H3. The maximum absolute atomic E-state index is 5.52. The molecule has 0 radical (unpaired) electrons. The zero-order chi connectivity index (χ0) is 11.5. The molecule has 0 aliphatic rings. The largest absolute Gasteiger partial charge is 0.467 e. The van der Waals surface area contributed by atoms with Crippen LogP contribution in [0.25, 0.3) is 0 Å². The van der Waals surface area contributed by atoms with E-state index in [-0.39, 0.29) is 12.2 Å². The Morgan fingerprint density at radius 2 is 1.93 bits per heavy atom. The van der Waals surface area contributed by atoms with Crippen molar-refractivity contribution in [2.24, 2.45) is 0 Å². The number of halogens is 1. The molecule has 0 fully saturated rings. The molecule has 1 rings (SSSR count). The lowest BCUT2D eigenvalue weighted by atomic mass is 9.86. The van der Waals surface area contributed by atoms with Gasteiger partial charge in [-0.25, -0.2) is 0 Å². The Hall–Kier alpha value is -0.540. The third-order valence-corrected chi connectivity index (χ3v) is 2.58. The van der Waals surface area contributed by atoms with E-state index in [0.717, 1.165) is 10.2 Å². The molecular weight excluding hydrogens is 256 g/mol. The predicted octanol–water partition coefficient (Wildman–Crippen LogP) is 3.73. The van der Waals surface area contributed by atoms with Crippen LogP contribution in [0.3, 0.4) is 0 Å². The predicted molar refractivity (Wildman–Crippen MR) is 65.3 cm³/mol. The molecule has 0 amide bonds. The van der Waals surface area contributed by atoms with Crippen LogP contribution in [0.2, 0.25) is 0 Å². The second-order valence-electron chi connectivity index (χ2n) is 4.44. The van der Waals surface area contributed by atoms with E-state index in [2.05, 4.69) is 42.8 Å². The zero-order valence-electron chi connectivity index (χ0n) is 9.63. The normalized spacial score (nSPS) is 11.5. The fourth-order valence-corrected chi connectivity index (χ4v) is 1.70. The van der Waals surface area contributed by atoms with Gasteiger partial charge in [0.2, 0.25) is 0 Å². The van der Waals surface area contributed by atoms with E-state index >= 15 is 0 Å². The van der Waals surface area contributed by atoms with Gasteiger partial charge < -0.3 is 9.47 Å². The summed E-state index contributed by atoms with van der Waals surface area (Å²) in [6.45, 7) is 6.77. The first-order chi connectivity index (χ1) is 6.95. The van der Waals surface area contributed by atoms with Gasteiger partial charge in [0.25, 0.3) is 0 Å². The van der Waals surface area contributed by atoms with Gasteiger partial charge in [0.15, 0.2) is 6.79 Å². The summed E-state index contributed by atoms with van der Waals surface area (Å²) < 4.78 is 11.5. The van der Waals surface area contributed by atoms with Gasteiger partial charge in [-0.05, 0) is 23.6 Å². The minimum absolute atomic E-state index is 0.0624. The van der Waals surface area contributed by atoms with Crippen molar-refractivity contribution in [3.8, 4) is 5.75 Å². The van der Waals surface area contributed by atoms with Crippen LogP contribution in [-0.4, -0.2) is 13.9 Å². The Bertz CT molecular complexity index is 329. The van der Waals surface area contributed by atoms with Crippen LogP contribution < -0.4 is 4.74 Å². The van der Waals surface area contributed by atoms with Crippen molar-refractivity contribution in [3.63, 3.8) is 0 Å². The van der Waals surface area contributed by atoms with Gasteiger partial charge in [-0.15, -0.1) is 0 Å². The molecule has 0 unspecified atom stereocenters. The summed E-state index contributed by atoms with van der Waals surface area (Å²) in [5, 5.41) is 0. The molecule has 0 N–H and O–H groups in total. The van der Waals surface area contributed by atoms with Gasteiger partial charge in [-0.1, -0.05) is 36.7 Å². The Morgan fingerprint density at radius 3 is 2.47 bits per heavy atom. The summed E-state index contributed by atoms with van der Waals surface area (Å²) in [4.78, 5) is 0. The molecule has 1 aromatic rings. The Kier molecular flexibility index (Phi) is 4.17. The number of rotatable bonds is 3. The van der Waals surface area contributed by atoms with Crippen molar-refractivity contribution >= 4 is 15.9 Å². The highest BCUT2D eigenvalue weighted by molar-refractivity contribution is 9.10. The summed E-state index contributed by atoms with van der Waals surface area (Å²) in [7, 11) is 1.62. The minimum Gasteiger partial charge on any atom is -0.467 e. The molecule has 0 atom stereocenters. The molecule has 0 saturated carbocycles. The third-order valence-electron chi connectivity index (χ3n) is 2.08. The van der Waals surface area contributed by atoms with Crippen molar-refractivity contribution < 1.29 is 9.47 Å². The van der Waals surface area contributed by atoms with E-state index < -0.39 is 0 Å². The number of hydrogen-bond acceptors (Lipinski definition) is 2. The lowest BCUT2D eigenvalue weighted by Crippen LogP contribution is -2.14. The van der Waals surface area contributed by atoms with Crippen LogP contribution in [-0.2, 0) is 10.2 Å². The van der Waals surface area contributed by atoms with Crippen LogP contribution in [0.5, 0.6) is 5.75 Å². The molecular formula is C12H17BrO2. The monoisotopic (exact) mass is 272 g/mol. The number of methoxy groups -OCH3 is 1. The molecule has 0 spiro atoms. The van der Waals surface area contributed by atoms with Crippen molar-refractivity contribution in [2.75, 3.05) is 13.9 Å². The van der Waals surface area contributed by atoms with E-state index in [1.54, 1.807) is 7.11 Å². The highest BCUT2D eigenvalue weighted by Gasteiger charge is 2.19. The van der Waals surface area contributed by atoms with Crippen molar-refractivity contribution in [2.45, 2.75) is 26.2 Å². The third kappa shape index (κ3) is 3.50. The van der Waals surface area contributed by atoms with E-state index in [4.69, 9.17) is 9.47 Å². The molecule has 2 nitrogen and oxygen atoms in total. The maximum Gasteiger partial charge on any atom is 0.188 e. The van der Waals surface area contributed by atoms with E-state index in [9.17, 15) is 0 Å². The van der Waals surface area contributed by atoms with Crippen LogP contribution in [0.1, 0.15) is 26.3 Å². The number of hydrogen-bond donors (Lipinski definition) is 0. The quantitative estimate of drug-likeness (QED) is 0.781. The fraction of sp³-hybridized carbons (Fsp3) is 0.500. The first-order valence-corrected chi connectivity index (χ1v) is 5.66. The first-order valence-electron chi connectivity index (χ1n) is 4.87. The van der Waals surface area contributed by atoms with E-state index in [1.165, 1.54) is 5.56 Å². The van der Waals surface area contributed by atoms with Crippen molar-refractivity contribution in [1.82, 2.24) is 0 Å². The van der Waals surface area contributed by atoms with Crippen LogP contribution in [0.4, 0.5) is 0 Å². The van der Waals surface area contributed by atoms with Crippen LogP contribution in [0.15, 0.2) is 22.7 Å². The molecule has 1 aromatic carbocycles. The summed E-state index contributed by atoms with van der Waals surface area (Å²) in [6.07, 6.45) is 0. The average Bonchev–Trinajstić information content (AvgIpc) is 2.14. The lowest BCUT2D eigenvalue weighted by molar-refractivity contribution is 0.0498.